The molecule has 0 aliphatic rings. The predicted octanol–water partition coefficient (Wildman–Crippen LogP) is 1.53. The van der Waals surface area contributed by atoms with E-state index in [0.29, 0.717) is 6.04 Å². The van der Waals surface area contributed by atoms with E-state index in [9.17, 15) is 4.21 Å². The molecule has 0 aliphatic heterocycles. The fourth-order valence-corrected chi connectivity index (χ4v) is 2.11. The van der Waals surface area contributed by atoms with E-state index in [-0.39, 0.29) is 4.75 Å². The molecule has 0 aromatic rings. The van der Waals surface area contributed by atoms with Gasteiger partial charge in [-0.2, -0.15) is 0 Å². The topological polar surface area (TPSA) is 29.1 Å². The van der Waals surface area contributed by atoms with Crippen LogP contribution in [-0.4, -0.2) is 27.8 Å². The summed E-state index contributed by atoms with van der Waals surface area (Å²) in [4.78, 5) is 0. The van der Waals surface area contributed by atoms with Crippen LogP contribution in [0.1, 0.15) is 34.1 Å². The minimum atomic E-state index is -0.730. The number of hydrogen-bond donors (Lipinski definition) is 1. The zero-order valence-electron chi connectivity index (χ0n) is 8.81. The molecule has 0 radical (unpaired) electrons. The Morgan fingerprint density at radius 1 is 1.42 bits per heavy atom. The lowest BCUT2D eigenvalue weighted by atomic mass is 10.2. The molecule has 2 atom stereocenters. The lowest BCUT2D eigenvalue weighted by molar-refractivity contribution is 0.579. The Bertz CT molecular complexity index is 147. The molecule has 0 aromatic heterocycles. The van der Waals surface area contributed by atoms with Crippen LogP contribution in [0.5, 0.6) is 0 Å². The van der Waals surface area contributed by atoms with E-state index in [1.807, 2.05) is 27.8 Å². The van der Waals surface area contributed by atoms with Gasteiger partial charge >= 0.3 is 0 Å². The van der Waals surface area contributed by atoms with Crippen molar-refractivity contribution in [2.45, 2.75) is 44.9 Å². The summed E-state index contributed by atoms with van der Waals surface area (Å²) in [5.41, 5.74) is 0. The van der Waals surface area contributed by atoms with Crippen LogP contribution in [0.3, 0.4) is 0 Å². The van der Waals surface area contributed by atoms with E-state index in [1.54, 1.807) is 0 Å². The molecule has 2 unspecified atom stereocenters. The average Bonchev–Trinajstić information content (AvgIpc) is 1.97. The lowest BCUT2D eigenvalue weighted by Gasteiger charge is -2.21. The fourth-order valence-electron chi connectivity index (χ4n) is 0.838. The summed E-state index contributed by atoms with van der Waals surface area (Å²) in [5, 5.41) is 3.16. The van der Waals surface area contributed by atoms with Gasteiger partial charge in [-0.05, 0) is 34.2 Å². The van der Waals surface area contributed by atoms with Crippen molar-refractivity contribution in [1.82, 2.24) is 5.32 Å². The number of hydrogen-bond acceptors (Lipinski definition) is 2. The molecule has 1 N–H and O–H groups in total. The molecule has 0 aromatic carbocycles. The van der Waals surface area contributed by atoms with Gasteiger partial charge in [-0.1, -0.05) is 6.92 Å². The van der Waals surface area contributed by atoms with Crippen LogP contribution in [0.2, 0.25) is 0 Å². The van der Waals surface area contributed by atoms with Crippen molar-refractivity contribution in [1.29, 1.82) is 0 Å². The van der Waals surface area contributed by atoms with Crippen molar-refractivity contribution in [3.8, 4) is 0 Å². The number of nitrogens with one attached hydrogen (secondary N) is 1. The molecular formula is C9H21NOS. The van der Waals surface area contributed by atoms with E-state index < -0.39 is 10.8 Å². The molecule has 0 heterocycles. The Labute approximate surface area is 78.6 Å². The molecule has 0 amide bonds. The van der Waals surface area contributed by atoms with E-state index in [0.717, 1.165) is 12.2 Å². The molecule has 0 fully saturated rings. The quantitative estimate of drug-likeness (QED) is 0.730. The van der Waals surface area contributed by atoms with Gasteiger partial charge in [-0.25, -0.2) is 0 Å². The maximum absolute atomic E-state index is 11.7. The Kier molecular flexibility index (Phi) is 5.02. The van der Waals surface area contributed by atoms with Crippen molar-refractivity contribution >= 4 is 10.8 Å². The van der Waals surface area contributed by atoms with Crippen LogP contribution >= 0.6 is 0 Å². The largest absolute Gasteiger partial charge is 0.316 e. The summed E-state index contributed by atoms with van der Waals surface area (Å²) in [5.74, 6) is 0.760. The number of rotatable bonds is 4. The summed E-state index contributed by atoms with van der Waals surface area (Å²) in [6.45, 7) is 8.17. The third kappa shape index (κ3) is 4.21. The highest BCUT2D eigenvalue weighted by Crippen LogP contribution is 2.12. The van der Waals surface area contributed by atoms with Gasteiger partial charge in [-0.15, -0.1) is 0 Å². The van der Waals surface area contributed by atoms with Gasteiger partial charge in [0.15, 0.2) is 0 Å². The van der Waals surface area contributed by atoms with Crippen molar-refractivity contribution < 1.29 is 4.21 Å². The van der Waals surface area contributed by atoms with Crippen LogP contribution in [0.25, 0.3) is 0 Å². The Morgan fingerprint density at radius 2 is 1.92 bits per heavy atom. The third-order valence-electron chi connectivity index (χ3n) is 1.94. The van der Waals surface area contributed by atoms with Gasteiger partial charge < -0.3 is 5.32 Å². The predicted molar refractivity (Wildman–Crippen MR) is 55.9 cm³/mol. The van der Waals surface area contributed by atoms with Gasteiger partial charge in [-0.3, -0.25) is 4.21 Å². The first-order valence-corrected chi connectivity index (χ1v) is 5.79. The maximum Gasteiger partial charge on any atom is 0.0393 e. The molecule has 0 spiro atoms. The highest BCUT2D eigenvalue weighted by molar-refractivity contribution is 7.86. The normalized spacial score (nSPS) is 17.4. The molecule has 74 valence electrons. The Hall–Kier alpha value is 0.110. The molecule has 0 rings (SSSR count). The van der Waals surface area contributed by atoms with Gasteiger partial charge in [0, 0.05) is 27.3 Å². The van der Waals surface area contributed by atoms with Gasteiger partial charge in [0.1, 0.15) is 0 Å². The molecule has 3 heteroatoms. The summed E-state index contributed by atoms with van der Waals surface area (Å²) in [6, 6.07) is 0.394. The minimum absolute atomic E-state index is 0.0791. The zero-order chi connectivity index (χ0) is 9.78. The molecule has 0 saturated carbocycles. The SMILES string of the molecule is CCC(CS(=O)C(C)(C)C)NC. The summed E-state index contributed by atoms with van der Waals surface area (Å²) in [6.07, 6.45) is 1.04. The Balaban J connectivity index is 3.99. The second kappa shape index (κ2) is 4.97. The van der Waals surface area contributed by atoms with E-state index in [4.69, 9.17) is 0 Å². The van der Waals surface area contributed by atoms with Crippen LogP contribution < -0.4 is 5.32 Å². The molecule has 0 bridgehead atoms. The molecular weight excluding hydrogens is 170 g/mol. The van der Waals surface area contributed by atoms with Gasteiger partial charge in [0.25, 0.3) is 0 Å². The average molecular weight is 191 g/mol. The minimum Gasteiger partial charge on any atom is -0.316 e. The van der Waals surface area contributed by atoms with Crippen LogP contribution in [0, 0.1) is 0 Å². The van der Waals surface area contributed by atoms with Crippen LogP contribution in [0.15, 0.2) is 0 Å². The molecule has 2 nitrogen and oxygen atoms in total. The smallest absolute Gasteiger partial charge is 0.0393 e. The first kappa shape index (κ1) is 12.1. The second-order valence-corrected chi connectivity index (χ2v) is 6.27. The van der Waals surface area contributed by atoms with E-state index in [1.165, 1.54) is 0 Å². The fraction of sp³-hybridized carbons (Fsp3) is 1.00. The Morgan fingerprint density at radius 3 is 2.17 bits per heavy atom. The highest BCUT2D eigenvalue weighted by Gasteiger charge is 2.21. The second-order valence-electron chi connectivity index (χ2n) is 4.02. The van der Waals surface area contributed by atoms with E-state index >= 15 is 0 Å². The van der Waals surface area contributed by atoms with Gasteiger partial charge in [0.05, 0.1) is 0 Å². The summed E-state index contributed by atoms with van der Waals surface area (Å²) < 4.78 is 11.6. The summed E-state index contributed by atoms with van der Waals surface area (Å²) in [7, 11) is 1.19. The first-order valence-electron chi connectivity index (χ1n) is 4.47. The molecule has 12 heavy (non-hydrogen) atoms. The zero-order valence-corrected chi connectivity index (χ0v) is 9.62. The maximum atomic E-state index is 11.7. The standard InChI is InChI=1S/C9H21NOS/c1-6-8(10-5)7-12(11)9(2,3)4/h8,10H,6-7H2,1-5H3. The van der Waals surface area contributed by atoms with Gasteiger partial charge in [0.2, 0.25) is 0 Å². The van der Waals surface area contributed by atoms with Crippen molar-refractivity contribution in [3.63, 3.8) is 0 Å². The van der Waals surface area contributed by atoms with Crippen molar-refractivity contribution in [2.24, 2.45) is 0 Å². The molecule has 0 aliphatic carbocycles. The third-order valence-corrected chi connectivity index (χ3v) is 4.01. The highest BCUT2D eigenvalue weighted by atomic mass is 32.2. The van der Waals surface area contributed by atoms with Crippen molar-refractivity contribution in [2.75, 3.05) is 12.8 Å². The lowest BCUT2D eigenvalue weighted by Crippen LogP contribution is -2.36. The van der Waals surface area contributed by atoms with Crippen LogP contribution in [-0.2, 0) is 10.8 Å². The monoisotopic (exact) mass is 191 g/mol. The van der Waals surface area contributed by atoms with Crippen molar-refractivity contribution in [3.05, 3.63) is 0 Å². The van der Waals surface area contributed by atoms with Crippen LogP contribution in [0.4, 0.5) is 0 Å². The summed E-state index contributed by atoms with van der Waals surface area (Å²) >= 11 is 0. The van der Waals surface area contributed by atoms with E-state index in [2.05, 4.69) is 12.2 Å². The first-order chi connectivity index (χ1) is 5.41. The molecule has 0 saturated heterocycles.